The van der Waals surface area contributed by atoms with Crippen molar-refractivity contribution in [2.75, 3.05) is 20.8 Å². The fourth-order valence-electron chi connectivity index (χ4n) is 2.54. The number of benzene rings is 1. The van der Waals surface area contributed by atoms with Crippen LogP contribution in [0.25, 0.3) is 0 Å². The topological polar surface area (TPSA) is 45.5 Å². The van der Waals surface area contributed by atoms with Gasteiger partial charge in [-0.05, 0) is 43.5 Å². The molecule has 0 aliphatic carbocycles. The van der Waals surface area contributed by atoms with E-state index in [1.54, 1.807) is 14.2 Å². The number of rotatable bonds is 4. The first-order chi connectivity index (χ1) is 9.28. The van der Waals surface area contributed by atoms with Gasteiger partial charge in [0.25, 0.3) is 0 Å². The largest absolute Gasteiger partial charge is 0.493 e. The summed E-state index contributed by atoms with van der Waals surface area (Å²) in [5.41, 5.74) is 1.15. The van der Waals surface area contributed by atoms with Crippen LogP contribution >= 0.6 is 0 Å². The van der Waals surface area contributed by atoms with Crippen LogP contribution in [0.1, 0.15) is 24.8 Å². The van der Waals surface area contributed by atoms with Crippen molar-refractivity contribution in [1.82, 2.24) is 4.90 Å². The van der Waals surface area contributed by atoms with E-state index in [1.807, 2.05) is 18.2 Å². The maximum atomic E-state index is 9.19. The summed E-state index contributed by atoms with van der Waals surface area (Å²) in [6.45, 7) is 1.78. The zero-order valence-corrected chi connectivity index (χ0v) is 11.6. The molecule has 1 heterocycles. The van der Waals surface area contributed by atoms with Gasteiger partial charge in [-0.2, -0.15) is 5.26 Å². The summed E-state index contributed by atoms with van der Waals surface area (Å²) in [4.78, 5) is 2.24. The minimum atomic E-state index is 0.0434. The lowest BCUT2D eigenvalue weighted by Crippen LogP contribution is -2.37. The smallest absolute Gasteiger partial charge is 0.161 e. The van der Waals surface area contributed by atoms with Gasteiger partial charge in [0.1, 0.15) is 0 Å². The van der Waals surface area contributed by atoms with Gasteiger partial charge in [0, 0.05) is 6.54 Å². The summed E-state index contributed by atoms with van der Waals surface area (Å²) in [5, 5.41) is 9.19. The number of methoxy groups -OCH3 is 2. The SMILES string of the molecule is COc1ccc(CN2CCCCC2C#N)cc1OC. The molecule has 102 valence electrons. The van der Waals surface area contributed by atoms with Gasteiger partial charge in [-0.25, -0.2) is 0 Å². The Balaban J connectivity index is 2.12. The van der Waals surface area contributed by atoms with Crippen LogP contribution in [0.4, 0.5) is 0 Å². The highest BCUT2D eigenvalue weighted by atomic mass is 16.5. The van der Waals surface area contributed by atoms with Crippen molar-refractivity contribution in [2.24, 2.45) is 0 Å². The molecule has 0 spiro atoms. The van der Waals surface area contributed by atoms with Crippen molar-refractivity contribution in [2.45, 2.75) is 31.8 Å². The first-order valence-electron chi connectivity index (χ1n) is 6.63. The average molecular weight is 260 g/mol. The van der Waals surface area contributed by atoms with Crippen LogP contribution in [0.2, 0.25) is 0 Å². The quantitative estimate of drug-likeness (QED) is 0.834. The zero-order chi connectivity index (χ0) is 13.7. The standard InChI is InChI=1S/C15H20N2O2/c1-18-14-7-6-12(9-15(14)19-2)11-17-8-4-3-5-13(17)10-16/h6-7,9,13H,3-5,8,11H2,1-2H3. The van der Waals surface area contributed by atoms with Crippen molar-refractivity contribution in [3.63, 3.8) is 0 Å². The molecule has 2 rings (SSSR count). The van der Waals surface area contributed by atoms with E-state index >= 15 is 0 Å². The first-order valence-corrected chi connectivity index (χ1v) is 6.63. The second-order valence-corrected chi connectivity index (χ2v) is 4.80. The first kappa shape index (κ1) is 13.7. The van der Waals surface area contributed by atoms with Crippen molar-refractivity contribution in [3.05, 3.63) is 23.8 Å². The second kappa shape index (κ2) is 6.44. The molecule has 0 amide bonds. The van der Waals surface area contributed by atoms with Gasteiger partial charge >= 0.3 is 0 Å². The van der Waals surface area contributed by atoms with Crippen molar-refractivity contribution in [3.8, 4) is 17.6 Å². The summed E-state index contributed by atoms with van der Waals surface area (Å²) >= 11 is 0. The number of hydrogen-bond acceptors (Lipinski definition) is 4. The Labute approximate surface area is 114 Å². The molecule has 4 heteroatoms. The Morgan fingerprint density at radius 1 is 1.26 bits per heavy atom. The van der Waals surface area contributed by atoms with E-state index in [1.165, 1.54) is 6.42 Å². The highest BCUT2D eigenvalue weighted by molar-refractivity contribution is 5.42. The predicted molar refractivity (Wildman–Crippen MR) is 73.2 cm³/mol. The normalized spacial score (nSPS) is 19.7. The van der Waals surface area contributed by atoms with E-state index < -0.39 is 0 Å². The molecule has 4 nitrogen and oxygen atoms in total. The Hall–Kier alpha value is -1.73. The van der Waals surface area contributed by atoms with Gasteiger partial charge in [-0.3, -0.25) is 4.90 Å². The second-order valence-electron chi connectivity index (χ2n) is 4.80. The van der Waals surface area contributed by atoms with E-state index in [0.717, 1.165) is 43.0 Å². The Morgan fingerprint density at radius 3 is 2.74 bits per heavy atom. The zero-order valence-electron chi connectivity index (χ0n) is 11.6. The minimum Gasteiger partial charge on any atom is -0.493 e. The number of piperidine rings is 1. The number of hydrogen-bond donors (Lipinski definition) is 0. The van der Waals surface area contributed by atoms with E-state index in [4.69, 9.17) is 9.47 Å². The molecule has 0 bridgehead atoms. The van der Waals surface area contributed by atoms with Gasteiger partial charge in [-0.1, -0.05) is 6.07 Å². The number of nitriles is 1. The highest BCUT2D eigenvalue weighted by Crippen LogP contribution is 2.29. The molecule has 0 saturated carbocycles. The molecule has 1 atom stereocenters. The van der Waals surface area contributed by atoms with Crippen LogP contribution in [-0.4, -0.2) is 31.7 Å². The third-order valence-corrected chi connectivity index (χ3v) is 3.60. The third kappa shape index (κ3) is 3.18. The van der Waals surface area contributed by atoms with Crippen LogP contribution in [0, 0.1) is 11.3 Å². The summed E-state index contributed by atoms with van der Waals surface area (Å²) in [5.74, 6) is 1.48. The maximum absolute atomic E-state index is 9.19. The van der Waals surface area contributed by atoms with Crippen molar-refractivity contribution in [1.29, 1.82) is 5.26 Å². The molecule has 19 heavy (non-hydrogen) atoms. The van der Waals surface area contributed by atoms with Crippen LogP contribution in [0.15, 0.2) is 18.2 Å². The van der Waals surface area contributed by atoms with Crippen LogP contribution in [0.3, 0.4) is 0 Å². The fraction of sp³-hybridized carbons (Fsp3) is 0.533. The minimum absolute atomic E-state index is 0.0434. The Bertz CT molecular complexity index is 468. The molecule has 1 aliphatic heterocycles. The van der Waals surface area contributed by atoms with Crippen molar-refractivity contribution >= 4 is 0 Å². The molecule has 1 saturated heterocycles. The van der Waals surface area contributed by atoms with Crippen LogP contribution in [0.5, 0.6) is 11.5 Å². The van der Waals surface area contributed by atoms with Crippen LogP contribution < -0.4 is 9.47 Å². The lowest BCUT2D eigenvalue weighted by molar-refractivity contribution is 0.176. The molecule has 1 aromatic rings. The third-order valence-electron chi connectivity index (χ3n) is 3.60. The molecule has 0 aromatic heterocycles. The lowest BCUT2D eigenvalue weighted by atomic mass is 10.0. The summed E-state index contributed by atoms with van der Waals surface area (Å²) in [7, 11) is 3.27. The average Bonchev–Trinajstić information content (AvgIpc) is 2.47. The van der Waals surface area contributed by atoms with Crippen LogP contribution in [-0.2, 0) is 6.54 Å². The van der Waals surface area contributed by atoms with Gasteiger partial charge in [0.05, 0.1) is 26.3 Å². The van der Waals surface area contributed by atoms with E-state index in [2.05, 4.69) is 11.0 Å². The summed E-state index contributed by atoms with van der Waals surface area (Å²) < 4.78 is 10.5. The van der Waals surface area contributed by atoms with E-state index in [0.29, 0.717) is 0 Å². The van der Waals surface area contributed by atoms with Gasteiger partial charge in [0.15, 0.2) is 11.5 Å². The molecule has 0 N–H and O–H groups in total. The number of likely N-dealkylation sites (tertiary alicyclic amines) is 1. The van der Waals surface area contributed by atoms with Crippen molar-refractivity contribution < 1.29 is 9.47 Å². The Kier molecular flexibility index (Phi) is 4.64. The van der Waals surface area contributed by atoms with Gasteiger partial charge < -0.3 is 9.47 Å². The molecule has 0 radical (unpaired) electrons. The Morgan fingerprint density at radius 2 is 2.05 bits per heavy atom. The molecule has 1 aliphatic rings. The summed E-state index contributed by atoms with van der Waals surface area (Å²) in [6.07, 6.45) is 3.30. The van der Waals surface area contributed by atoms with E-state index in [-0.39, 0.29) is 6.04 Å². The lowest BCUT2D eigenvalue weighted by Gasteiger charge is -2.31. The molecule has 1 aromatic carbocycles. The molecular formula is C15H20N2O2. The monoisotopic (exact) mass is 260 g/mol. The molecule has 1 unspecified atom stereocenters. The van der Waals surface area contributed by atoms with Gasteiger partial charge in [0.2, 0.25) is 0 Å². The van der Waals surface area contributed by atoms with E-state index in [9.17, 15) is 5.26 Å². The highest BCUT2D eigenvalue weighted by Gasteiger charge is 2.22. The predicted octanol–water partition coefficient (Wildman–Crippen LogP) is 2.58. The fourth-order valence-corrected chi connectivity index (χ4v) is 2.54. The maximum Gasteiger partial charge on any atom is 0.161 e. The molecular weight excluding hydrogens is 240 g/mol. The number of nitrogens with zero attached hydrogens (tertiary/aromatic N) is 2. The molecule has 1 fully saturated rings. The number of ether oxygens (including phenoxy) is 2. The van der Waals surface area contributed by atoms with Gasteiger partial charge in [-0.15, -0.1) is 0 Å². The summed E-state index contributed by atoms with van der Waals surface area (Å²) in [6, 6.07) is 8.38.